The van der Waals surface area contributed by atoms with Crippen LogP contribution in [0.25, 0.3) is 0 Å². The van der Waals surface area contributed by atoms with Crippen molar-refractivity contribution in [3.05, 3.63) is 59.7 Å². The molecule has 0 saturated carbocycles. The zero-order valence-electron chi connectivity index (χ0n) is 11.6. The fraction of sp³-hybridized carbons (Fsp3) is 0.200. The SMILES string of the molecule is CC(Nc1cccc(S(C)(=O)=O)c1)c1c(F)cccc1F. The van der Waals surface area contributed by atoms with E-state index in [-0.39, 0.29) is 10.5 Å². The molecule has 0 fully saturated rings. The van der Waals surface area contributed by atoms with E-state index in [1.807, 2.05) is 0 Å². The third-order valence-corrected chi connectivity index (χ3v) is 4.19. The van der Waals surface area contributed by atoms with Crippen molar-refractivity contribution in [2.45, 2.75) is 17.9 Å². The van der Waals surface area contributed by atoms with Gasteiger partial charge in [0.25, 0.3) is 0 Å². The van der Waals surface area contributed by atoms with Crippen LogP contribution in [0.2, 0.25) is 0 Å². The summed E-state index contributed by atoms with van der Waals surface area (Å²) in [7, 11) is -3.33. The monoisotopic (exact) mass is 311 g/mol. The van der Waals surface area contributed by atoms with E-state index in [4.69, 9.17) is 0 Å². The van der Waals surface area contributed by atoms with Crippen molar-refractivity contribution in [3.8, 4) is 0 Å². The van der Waals surface area contributed by atoms with Gasteiger partial charge in [-0.05, 0) is 37.3 Å². The highest BCUT2D eigenvalue weighted by Gasteiger charge is 2.16. The van der Waals surface area contributed by atoms with Gasteiger partial charge < -0.3 is 5.32 Å². The van der Waals surface area contributed by atoms with Crippen LogP contribution in [0.3, 0.4) is 0 Å². The van der Waals surface area contributed by atoms with Gasteiger partial charge in [-0.2, -0.15) is 0 Å². The van der Waals surface area contributed by atoms with E-state index in [9.17, 15) is 17.2 Å². The lowest BCUT2D eigenvalue weighted by molar-refractivity contribution is 0.544. The largest absolute Gasteiger partial charge is 0.378 e. The second kappa shape index (κ2) is 5.81. The van der Waals surface area contributed by atoms with Gasteiger partial charge in [0.2, 0.25) is 0 Å². The summed E-state index contributed by atoms with van der Waals surface area (Å²) in [6, 6.07) is 9.14. The minimum atomic E-state index is -3.33. The molecule has 0 heterocycles. The second-order valence-electron chi connectivity index (χ2n) is 4.80. The fourth-order valence-electron chi connectivity index (χ4n) is 2.06. The molecule has 2 rings (SSSR count). The summed E-state index contributed by atoms with van der Waals surface area (Å²) < 4.78 is 50.4. The minimum Gasteiger partial charge on any atom is -0.378 e. The standard InChI is InChI=1S/C15H15F2NO2S/c1-10(15-13(16)7-4-8-14(15)17)18-11-5-3-6-12(9-11)21(2,19)20/h3-10,18H,1-2H3. The molecular weight excluding hydrogens is 296 g/mol. The van der Waals surface area contributed by atoms with Gasteiger partial charge >= 0.3 is 0 Å². The Labute approximate surface area is 122 Å². The molecule has 0 aliphatic heterocycles. The van der Waals surface area contributed by atoms with Crippen LogP contribution in [-0.4, -0.2) is 14.7 Å². The first-order chi connectivity index (χ1) is 9.79. The molecule has 3 nitrogen and oxygen atoms in total. The number of hydrogen-bond acceptors (Lipinski definition) is 3. The van der Waals surface area contributed by atoms with Gasteiger partial charge in [-0.1, -0.05) is 12.1 Å². The zero-order valence-corrected chi connectivity index (χ0v) is 12.4. The number of sulfone groups is 1. The van der Waals surface area contributed by atoms with Crippen LogP contribution in [-0.2, 0) is 9.84 Å². The number of anilines is 1. The molecule has 1 unspecified atom stereocenters. The third kappa shape index (κ3) is 3.58. The Kier molecular flexibility index (Phi) is 4.27. The van der Waals surface area contributed by atoms with Crippen molar-refractivity contribution in [1.29, 1.82) is 0 Å². The highest BCUT2D eigenvalue weighted by Crippen LogP contribution is 2.25. The minimum absolute atomic E-state index is 0.0812. The molecule has 0 amide bonds. The first-order valence-corrected chi connectivity index (χ1v) is 8.19. The van der Waals surface area contributed by atoms with E-state index in [2.05, 4.69) is 5.32 Å². The summed E-state index contributed by atoms with van der Waals surface area (Å²) in [5, 5.41) is 2.91. The van der Waals surface area contributed by atoms with Crippen molar-refractivity contribution in [2.24, 2.45) is 0 Å². The summed E-state index contributed by atoms with van der Waals surface area (Å²) in [6.45, 7) is 1.61. The van der Waals surface area contributed by atoms with E-state index in [1.165, 1.54) is 30.3 Å². The number of rotatable bonds is 4. The average molecular weight is 311 g/mol. The number of nitrogens with one attached hydrogen (secondary N) is 1. The number of benzene rings is 2. The first-order valence-electron chi connectivity index (χ1n) is 6.29. The van der Waals surface area contributed by atoms with Crippen LogP contribution < -0.4 is 5.32 Å². The molecule has 0 bridgehead atoms. The van der Waals surface area contributed by atoms with Gasteiger partial charge in [0.15, 0.2) is 9.84 Å². The van der Waals surface area contributed by atoms with Crippen LogP contribution in [0.4, 0.5) is 14.5 Å². The molecule has 0 aliphatic carbocycles. The fourth-order valence-corrected chi connectivity index (χ4v) is 2.73. The summed E-state index contributed by atoms with van der Waals surface area (Å²) in [5.74, 6) is -1.29. The molecular formula is C15H15F2NO2S. The van der Waals surface area contributed by atoms with E-state index >= 15 is 0 Å². The molecule has 0 aromatic heterocycles. The Morgan fingerprint density at radius 3 is 2.19 bits per heavy atom. The molecule has 1 N–H and O–H groups in total. The molecule has 2 aromatic carbocycles. The quantitative estimate of drug-likeness (QED) is 0.939. The Bertz CT molecular complexity index is 740. The lowest BCUT2D eigenvalue weighted by atomic mass is 10.1. The predicted octanol–water partition coefficient (Wildman–Crippen LogP) is 3.54. The molecule has 1 atom stereocenters. The van der Waals surface area contributed by atoms with E-state index in [0.29, 0.717) is 5.69 Å². The van der Waals surface area contributed by atoms with E-state index in [1.54, 1.807) is 19.1 Å². The maximum atomic E-state index is 13.7. The van der Waals surface area contributed by atoms with Crippen molar-refractivity contribution in [3.63, 3.8) is 0 Å². The molecule has 0 radical (unpaired) electrons. The normalized spacial score (nSPS) is 13.0. The summed E-state index contributed by atoms with van der Waals surface area (Å²) >= 11 is 0. The molecule has 21 heavy (non-hydrogen) atoms. The van der Waals surface area contributed by atoms with Crippen LogP contribution in [0.5, 0.6) is 0 Å². The van der Waals surface area contributed by atoms with Crippen molar-refractivity contribution in [2.75, 3.05) is 11.6 Å². The molecule has 2 aromatic rings. The van der Waals surface area contributed by atoms with Crippen LogP contribution in [0, 0.1) is 11.6 Å². The van der Waals surface area contributed by atoms with Gasteiger partial charge in [-0.3, -0.25) is 0 Å². The highest BCUT2D eigenvalue weighted by atomic mass is 32.2. The number of halogens is 2. The Morgan fingerprint density at radius 1 is 1.05 bits per heavy atom. The zero-order chi connectivity index (χ0) is 15.6. The molecule has 112 valence electrons. The van der Waals surface area contributed by atoms with Crippen LogP contribution >= 0.6 is 0 Å². The second-order valence-corrected chi connectivity index (χ2v) is 6.82. The van der Waals surface area contributed by atoms with E-state index in [0.717, 1.165) is 6.26 Å². The van der Waals surface area contributed by atoms with Gasteiger partial charge in [0, 0.05) is 17.5 Å². The molecule has 0 saturated heterocycles. The lowest BCUT2D eigenvalue weighted by Crippen LogP contribution is -2.11. The molecule has 0 aliphatic rings. The average Bonchev–Trinajstić information content (AvgIpc) is 2.37. The Morgan fingerprint density at radius 2 is 1.62 bits per heavy atom. The van der Waals surface area contributed by atoms with Crippen molar-refractivity contribution in [1.82, 2.24) is 0 Å². The Balaban J connectivity index is 2.30. The first kappa shape index (κ1) is 15.4. The van der Waals surface area contributed by atoms with Gasteiger partial charge in [-0.15, -0.1) is 0 Å². The maximum Gasteiger partial charge on any atom is 0.175 e. The smallest absolute Gasteiger partial charge is 0.175 e. The number of hydrogen-bond donors (Lipinski definition) is 1. The van der Waals surface area contributed by atoms with Crippen molar-refractivity contribution >= 4 is 15.5 Å². The Hall–Kier alpha value is -1.95. The summed E-state index contributed by atoms with van der Waals surface area (Å²) in [6.07, 6.45) is 1.10. The summed E-state index contributed by atoms with van der Waals surface area (Å²) in [4.78, 5) is 0.147. The highest BCUT2D eigenvalue weighted by molar-refractivity contribution is 7.90. The van der Waals surface area contributed by atoms with Gasteiger partial charge in [0.05, 0.1) is 10.9 Å². The third-order valence-electron chi connectivity index (χ3n) is 3.08. The topological polar surface area (TPSA) is 46.2 Å². The van der Waals surface area contributed by atoms with Gasteiger partial charge in [-0.25, -0.2) is 17.2 Å². The van der Waals surface area contributed by atoms with E-state index < -0.39 is 27.5 Å². The molecule has 6 heteroatoms. The van der Waals surface area contributed by atoms with Crippen molar-refractivity contribution < 1.29 is 17.2 Å². The summed E-state index contributed by atoms with van der Waals surface area (Å²) in [5.41, 5.74) is 0.398. The molecule has 0 spiro atoms. The predicted molar refractivity (Wildman–Crippen MR) is 77.9 cm³/mol. The van der Waals surface area contributed by atoms with Crippen LogP contribution in [0.15, 0.2) is 47.4 Å². The maximum absolute atomic E-state index is 13.7. The van der Waals surface area contributed by atoms with Gasteiger partial charge in [0.1, 0.15) is 11.6 Å². The lowest BCUT2D eigenvalue weighted by Gasteiger charge is -2.17. The van der Waals surface area contributed by atoms with Crippen LogP contribution in [0.1, 0.15) is 18.5 Å².